The molecule has 124 valence electrons. The van der Waals surface area contributed by atoms with Gasteiger partial charge in [-0.05, 0) is 30.2 Å². The van der Waals surface area contributed by atoms with Gasteiger partial charge in [0.15, 0.2) is 0 Å². The molecule has 1 aromatic carbocycles. The SMILES string of the molecule is COc1cccc(/C=C/C(=O)N2CCCN(CC(N)=O)CC2)c1. The number of benzene rings is 1. The zero-order chi connectivity index (χ0) is 16.7. The molecule has 1 aliphatic heterocycles. The molecular formula is C17H23N3O3. The third-order valence-electron chi connectivity index (χ3n) is 3.79. The fourth-order valence-corrected chi connectivity index (χ4v) is 2.59. The van der Waals surface area contributed by atoms with Crippen LogP contribution in [0, 0.1) is 0 Å². The molecule has 1 saturated heterocycles. The number of nitrogens with zero attached hydrogens (tertiary/aromatic N) is 2. The highest BCUT2D eigenvalue weighted by molar-refractivity contribution is 5.91. The van der Waals surface area contributed by atoms with E-state index in [-0.39, 0.29) is 18.4 Å². The summed E-state index contributed by atoms with van der Waals surface area (Å²) in [6.45, 7) is 3.00. The highest BCUT2D eigenvalue weighted by atomic mass is 16.5. The van der Waals surface area contributed by atoms with Gasteiger partial charge in [0.05, 0.1) is 13.7 Å². The van der Waals surface area contributed by atoms with E-state index in [9.17, 15) is 9.59 Å². The molecule has 0 aliphatic carbocycles. The average Bonchev–Trinajstić information content (AvgIpc) is 2.78. The van der Waals surface area contributed by atoms with E-state index in [1.54, 1.807) is 24.2 Å². The van der Waals surface area contributed by atoms with Crippen LogP contribution in [0.1, 0.15) is 12.0 Å². The van der Waals surface area contributed by atoms with E-state index in [4.69, 9.17) is 10.5 Å². The summed E-state index contributed by atoms with van der Waals surface area (Å²) in [5.74, 6) is 0.410. The molecule has 1 aromatic rings. The summed E-state index contributed by atoms with van der Waals surface area (Å²) in [5.41, 5.74) is 6.14. The Morgan fingerprint density at radius 3 is 2.83 bits per heavy atom. The molecule has 0 saturated carbocycles. The third-order valence-corrected chi connectivity index (χ3v) is 3.79. The molecule has 2 rings (SSSR count). The Hall–Kier alpha value is -2.34. The number of carbonyl (C=O) groups is 2. The van der Waals surface area contributed by atoms with Gasteiger partial charge in [0.25, 0.3) is 0 Å². The second-order valence-electron chi connectivity index (χ2n) is 5.53. The Morgan fingerprint density at radius 2 is 2.09 bits per heavy atom. The Labute approximate surface area is 136 Å². The molecule has 0 radical (unpaired) electrons. The van der Waals surface area contributed by atoms with Gasteiger partial charge in [0.1, 0.15) is 5.75 Å². The van der Waals surface area contributed by atoms with Gasteiger partial charge in [0, 0.05) is 32.3 Å². The van der Waals surface area contributed by atoms with Crippen molar-refractivity contribution < 1.29 is 14.3 Å². The van der Waals surface area contributed by atoms with Gasteiger partial charge in [-0.15, -0.1) is 0 Å². The number of amides is 2. The molecular weight excluding hydrogens is 294 g/mol. The number of hydrogen-bond acceptors (Lipinski definition) is 4. The summed E-state index contributed by atoms with van der Waals surface area (Å²) in [7, 11) is 1.61. The molecule has 0 bridgehead atoms. The Morgan fingerprint density at radius 1 is 1.26 bits per heavy atom. The van der Waals surface area contributed by atoms with Crippen molar-refractivity contribution >= 4 is 17.9 Å². The van der Waals surface area contributed by atoms with Crippen LogP contribution in [0.15, 0.2) is 30.3 Å². The summed E-state index contributed by atoms with van der Waals surface area (Å²) >= 11 is 0. The van der Waals surface area contributed by atoms with Gasteiger partial charge in [-0.25, -0.2) is 0 Å². The van der Waals surface area contributed by atoms with Gasteiger partial charge >= 0.3 is 0 Å². The lowest BCUT2D eigenvalue weighted by Gasteiger charge is -2.19. The van der Waals surface area contributed by atoms with E-state index in [0.29, 0.717) is 19.6 Å². The van der Waals surface area contributed by atoms with Crippen LogP contribution in [0.25, 0.3) is 6.08 Å². The molecule has 0 atom stereocenters. The van der Waals surface area contributed by atoms with Crippen molar-refractivity contribution in [3.05, 3.63) is 35.9 Å². The number of methoxy groups -OCH3 is 1. The first-order chi connectivity index (χ1) is 11.1. The fourth-order valence-electron chi connectivity index (χ4n) is 2.59. The standard InChI is InChI=1S/C17H23N3O3/c1-23-15-5-2-4-14(12-15)6-7-17(22)20-9-3-8-19(10-11-20)13-16(18)21/h2,4-7,12H,3,8-11,13H2,1H3,(H2,18,21)/b7-6+. The predicted octanol–water partition coefficient (Wildman–Crippen LogP) is 0.728. The van der Waals surface area contributed by atoms with Gasteiger partial charge in [-0.1, -0.05) is 12.1 Å². The van der Waals surface area contributed by atoms with Crippen LogP contribution in [0.4, 0.5) is 0 Å². The lowest BCUT2D eigenvalue weighted by molar-refractivity contribution is -0.125. The summed E-state index contributed by atoms with van der Waals surface area (Å²) in [5, 5.41) is 0. The number of carbonyl (C=O) groups excluding carboxylic acids is 2. The van der Waals surface area contributed by atoms with Crippen LogP contribution in [-0.4, -0.2) is 61.4 Å². The molecule has 0 unspecified atom stereocenters. The van der Waals surface area contributed by atoms with Gasteiger partial charge < -0.3 is 15.4 Å². The quantitative estimate of drug-likeness (QED) is 0.812. The molecule has 1 heterocycles. The normalized spacial score (nSPS) is 16.3. The van der Waals surface area contributed by atoms with Crippen molar-refractivity contribution in [2.75, 3.05) is 39.8 Å². The van der Waals surface area contributed by atoms with Crippen LogP contribution >= 0.6 is 0 Å². The maximum atomic E-state index is 12.3. The second-order valence-corrected chi connectivity index (χ2v) is 5.53. The number of nitrogens with two attached hydrogens (primary N) is 1. The first-order valence-electron chi connectivity index (χ1n) is 7.70. The minimum atomic E-state index is -0.331. The molecule has 1 fully saturated rings. The summed E-state index contributed by atoms with van der Waals surface area (Å²) in [4.78, 5) is 27.1. The zero-order valence-electron chi connectivity index (χ0n) is 13.4. The van der Waals surface area contributed by atoms with Crippen LogP contribution < -0.4 is 10.5 Å². The first-order valence-corrected chi connectivity index (χ1v) is 7.70. The minimum absolute atomic E-state index is 0.0197. The van der Waals surface area contributed by atoms with E-state index in [1.165, 1.54) is 0 Å². The molecule has 0 aromatic heterocycles. The van der Waals surface area contributed by atoms with E-state index >= 15 is 0 Å². The summed E-state index contributed by atoms with van der Waals surface area (Å²) in [6, 6.07) is 7.54. The molecule has 2 amide bonds. The van der Waals surface area contributed by atoms with Crippen LogP contribution in [0.2, 0.25) is 0 Å². The lowest BCUT2D eigenvalue weighted by atomic mass is 10.2. The molecule has 23 heavy (non-hydrogen) atoms. The van der Waals surface area contributed by atoms with Gasteiger partial charge in [0.2, 0.25) is 11.8 Å². The smallest absolute Gasteiger partial charge is 0.246 e. The minimum Gasteiger partial charge on any atom is -0.497 e. The molecule has 6 nitrogen and oxygen atoms in total. The van der Waals surface area contributed by atoms with Crippen LogP contribution in [0.5, 0.6) is 5.75 Å². The van der Waals surface area contributed by atoms with Crippen LogP contribution in [-0.2, 0) is 9.59 Å². The highest BCUT2D eigenvalue weighted by Crippen LogP contribution is 2.14. The van der Waals surface area contributed by atoms with Crippen molar-refractivity contribution in [2.45, 2.75) is 6.42 Å². The Balaban J connectivity index is 1.92. The molecule has 2 N–H and O–H groups in total. The van der Waals surface area contributed by atoms with Crippen molar-refractivity contribution in [3.63, 3.8) is 0 Å². The Kier molecular flexibility index (Phi) is 6.17. The summed E-state index contributed by atoms with van der Waals surface area (Å²) in [6.07, 6.45) is 4.21. The maximum absolute atomic E-state index is 12.3. The second kappa shape index (κ2) is 8.33. The van der Waals surface area contributed by atoms with E-state index < -0.39 is 0 Å². The van der Waals surface area contributed by atoms with E-state index in [2.05, 4.69) is 0 Å². The lowest BCUT2D eigenvalue weighted by Crippen LogP contribution is -2.37. The topological polar surface area (TPSA) is 75.9 Å². The molecule has 6 heteroatoms. The van der Waals surface area contributed by atoms with Crippen molar-refractivity contribution in [3.8, 4) is 5.75 Å². The van der Waals surface area contributed by atoms with Gasteiger partial charge in [-0.3, -0.25) is 14.5 Å². The maximum Gasteiger partial charge on any atom is 0.246 e. The summed E-state index contributed by atoms with van der Waals surface area (Å²) < 4.78 is 5.17. The predicted molar refractivity (Wildman–Crippen MR) is 88.9 cm³/mol. The van der Waals surface area contributed by atoms with E-state index in [1.807, 2.05) is 29.2 Å². The van der Waals surface area contributed by atoms with Gasteiger partial charge in [-0.2, -0.15) is 0 Å². The first kappa shape index (κ1) is 17.0. The number of ether oxygens (including phenoxy) is 1. The monoisotopic (exact) mass is 317 g/mol. The number of primary amides is 1. The van der Waals surface area contributed by atoms with Crippen molar-refractivity contribution in [1.82, 2.24) is 9.80 Å². The Bertz CT molecular complexity index is 586. The third kappa shape index (κ3) is 5.41. The number of rotatable bonds is 5. The van der Waals surface area contributed by atoms with Crippen molar-refractivity contribution in [1.29, 1.82) is 0 Å². The van der Waals surface area contributed by atoms with Crippen LogP contribution in [0.3, 0.4) is 0 Å². The van der Waals surface area contributed by atoms with E-state index in [0.717, 1.165) is 24.3 Å². The van der Waals surface area contributed by atoms with Crippen molar-refractivity contribution in [2.24, 2.45) is 5.73 Å². The fraction of sp³-hybridized carbons (Fsp3) is 0.412. The zero-order valence-corrected chi connectivity index (χ0v) is 13.4. The molecule has 1 aliphatic rings. The molecule has 0 spiro atoms. The average molecular weight is 317 g/mol. The number of hydrogen-bond donors (Lipinski definition) is 1. The highest BCUT2D eigenvalue weighted by Gasteiger charge is 2.18. The largest absolute Gasteiger partial charge is 0.497 e.